The van der Waals surface area contributed by atoms with Crippen LogP contribution in [0.4, 0.5) is 4.39 Å². The smallest absolute Gasteiger partial charge is 0.124 e. The van der Waals surface area contributed by atoms with Gasteiger partial charge in [0.15, 0.2) is 0 Å². The molecule has 0 N–H and O–H groups in total. The average molecular weight is 315 g/mol. The van der Waals surface area contributed by atoms with Crippen LogP contribution in [0.5, 0.6) is 0 Å². The molecule has 1 aromatic heterocycles. The summed E-state index contributed by atoms with van der Waals surface area (Å²) >= 11 is 5.06. The summed E-state index contributed by atoms with van der Waals surface area (Å²) in [5.41, 5.74) is 0.970. The number of hydrogen-bond donors (Lipinski definition) is 0. The third-order valence-electron chi connectivity index (χ3n) is 2.35. The highest BCUT2D eigenvalue weighted by Crippen LogP contribution is 2.19. The fraction of sp³-hybridized carbons (Fsp3) is 0.231. The van der Waals surface area contributed by atoms with E-state index in [1.807, 2.05) is 6.07 Å². The Morgan fingerprint density at radius 1 is 1.29 bits per heavy atom. The Hall–Kier alpha value is -0.710. The highest BCUT2D eigenvalue weighted by Gasteiger charge is 2.02. The Bertz CT molecular complexity index is 470. The van der Waals surface area contributed by atoms with Gasteiger partial charge in [-0.3, -0.25) is 0 Å². The molecule has 0 amide bonds. The Kier molecular flexibility index (Phi) is 4.71. The van der Waals surface area contributed by atoms with Crippen molar-refractivity contribution in [3.8, 4) is 0 Å². The Labute approximate surface area is 112 Å². The predicted molar refractivity (Wildman–Crippen MR) is 71.8 cm³/mol. The molecule has 17 heavy (non-hydrogen) atoms. The Morgan fingerprint density at radius 2 is 2.18 bits per heavy atom. The molecule has 2 aromatic rings. The van der Waals surface area contributed by atoms with Crippen LogP contribution in [0.1, 0.15) is 10.4 Å². The molecule has 0 bridgehead atoms. The minimum atomic E-state index is -0.237. The minimum absolute atomic E-state index is 0.237. The van der Waals surface area contributed by atoms with E-state index in [9.17, 15) is 4.39 Å². The summed E-state index contributed by atoms with van der Waals surface area (Å²) in [6.45, 7) is 1.19. The maximum Gasteiger partial charge on any atom is 0.124 e. The van der Waals surface area contributed by atoms with Crippen LogP contribution in [-0.4, -0.2) is 6.61 Å². The van der Waals surface area contributed by atoms with Gasteiger partial charge in [0.25, 0.3) is 0 Å². The number of thiophene rings is 1. The van der Waals surface area contributed by atoms with Crippen molar-refractivity contribution in [2.45, 2.75) is 13.0 Å². The van der Waals surface area contributed by atoms with Crippen LogP contribution in [0.2, 0.25) is 0 Å². The molecule has 1 nitrogen and oxygen atoms in total. The molecule has 2 rings (SSSR count). The third kappa shape index (κ3) is 3.91. The second-order valence-corrected chi connectivity index (χ2v) is 5.50. The standard InChI is InChI=1S/C13H12BrFOS/c14-13-8-11(15)4-3-10(13)9-16-6-5-12-2-1-7-17-12/h1-4,7-8H,5-6,9H2. The van der Waals surface area contributed by atoms with Crippen LogP contribution in [0.15, 0.2) is 40.2 Å². The van der Waals surface area contributed by atoms with Crippen molar-refractivity contribution in [1.29, 1.82) is 0 Å². The lowest BCUT2D eigenvalue weighted by Gasteiger charge is -2.05. The van der Waals surface area contributed by atoms with Crippen LogP contribution >= 0.6 is 27.3 Å². The molecule has 0 radical (unpaired) electrons. The van der Waals surface area contributed by atoms with E-state index in [0.29, 0.717) is 13.2 Å². The van der Waals surface area contributed by atoms with Gasteiger partial charge < -0.3 is 4.74 Å². The molecular weight excluding hydrogens is 303 g/mol. The van der Waals surface area contributed by atoms with Crippen molar-refractivity contribution in [3.05, 3.63) is 56.4 Å². The summed E-state index contributed by atoms with van der Waals surface area (Å²) in [6, 6.07) is 8.78. The van der Waals surface area contributed by atoms with Crippen LogP contribution in [-0.2, 0) is 17.8 Å². The summed E-state index contributed by atoms with van der Waals surface area (Å²) in [7, 11) is 0. The predicted octanol–water partition coefficient (Wildman–Crippen LogP) is 4.41. The van der Waals surface area contributed by atoms with Crippen molar-refractivity contribution >= 4 is 27.3 Å². The van der Waals surface area contributed by atoms with Gasteiger partial charge in [-0.05, 0) is 29.1 Å². The largest absolute Gasteiger partial charge is 0.376 e. The van der Waals surface area contributed by atoms with E-state index in [2.05, 4.69) is 27.4 Å². The fourth-order valence-corrected chi connectivity index (χ4v) is 2.60. The van der Waals surface area contributed by atoms with Gasteiger partial charge in [-0.15, -0.1) is 11.3 Å². The lowest BCUT2D eigenvalue weighted by Crippen LogP contribution is -1.98. The first-order valence-electron chi connectivity index (χ1n) is 5.30. The second-order valence-electron chi connectivity index (χ2n) is 3.62. The molecule has 1 aromatic carbocycles. The third-order valence-corrected chi connectivity index (χ3v) is 4.02. The zero-order valence-electron chi connectivity index (χ0n) is 9.16. The van der Waals surface area contributed by atoms with Gasteiger partial charge in [0.05, 0.1) is 13.2 Å². The van der Waals surface area contributed by atoms with Gasteiger partial charge in [-0.2, -0.15) is 0 Å². The molecule has 90 valence electrons. The van der Waals surface area contributed by atoms with Crippen LogP contribution in [0.3, 0.4) is 0 Å². The van der Waals surface area contributed by atoms with E-state index in [1.54, 1.807) is 17.4 Å². The maximum absolute atomic E-state index is 12.9. The topological polar surface area (TPSA) is 9.23 Å². The zero-order valence-corrected chi connectivity index (χ0v) is 11.6. The quantitative estimate of drug-likeness (QED) is 0.743. The maximum atomic E-state index is 12.9. The van der Waals surface area contributed by atoms with E-state index in [-0.39, 0.29) is 5.82 Å². The van der Waals surface area contributed by atoms with E-state index in [1.165, 1.54) is 17.0 Å². The molecule has 0 spiro atoms. The van der Waals surface area contributed by atoms with E-state index in [4.69, 9.17) is 4.74 Å². The number of ether oxygens (including phenoxy) is 1. The highest BCUT2D eigenvalue weighted by atomic mass is 79.9. The molecule has 0 saturated heterocycles. The van der Waals surface area contributed by atoms with E-state index in [0.717, 1.165) is 16.5 Å². The van der Waals surface area contributed by atoms with Crippen molar-refractivity contribution in [1.82, 2.24) is 0 Å². The SMILES string of the molecule is Fc1ccc(COCCc2cccs2)c(Br)c1. The minimum Gasteiger partial charge on any atom is -0.376 e. The molecule has 0 fully saturated rings. The van der Waals surface area contributed by atoms with Crippen molar-refractivity contribution in [2.75, 3.05) is 6.61 Å². The summed E-state index contributed by atoms with van der Waals surface area (Å²) in [5, 5.41) is 2.06. The van der Waals surface area contributed by atoms with E-state index < -0.39 is 0 Å². The first kappa shape index (κ1) is 12.7. The van der Waals surface area contributed by atoms with Crippen LogP contribution in [0.25, 0.3) is 0 Å². The van der Waals surface area contributed by atoms with Gasteiger partial charge in [-0.1, -0.05) is 28.1 Å². The molecular formula is C13H12BrFOS. The van der Waals surface area contributed by atoms with E-state index >= 15 is 0 Å². The summed E-state index contributed by atoms with van der Waals surface area (Å²) in [5.74, 6) is -0.237. The summed E-state index contributed by atoms with van der Waals surface area (Å²) in [4.78, 5) is 1.32. The summed E-state index contributed by atoms with van der Waals surface area (Å²) in [6.07, 6.45) is 0.927. The fourth-order valence-electron chi connectivity index (χ4n) is 1.45. The number of benzene rings is 1. The Balaban J connectivity index is 1.78. The number of rotatable bonds is 5. The molecule has 0 unspecified atom stereocenters. The second kappa shape index (κ2) is 6.28. The number of halogens is 2. The Morgan fingerprint density at radius 3 is 2.88 bits per heavy atom. The highest BCUT2D eigenvalue weighted by molar-refractivity contribution is 9.10. The molecule has 1 heterocycles. The molecule has 4 heteroatoms. The van der Waals surface area contributed by atoms with Crippen molar-refractivity contribution < 1.29 is 9.13 Å². The molecule has 0 atom stereocenters. The summed E-state index contributed by atoms with van der Waals surface area (Å²) < 4.78 is 19.2. The van der Waals surface area contributed by atoms with Crippen molar-refractivity contribution in [2.24, 2.45) is 0 Å². The lowest BCUT2D eigenvalue weighted by atomic mass is 10.2. The molecule has 0 aliphatic carbocycles. The molecule has 0 saturated carbocycles. The van der Waals surface area contributed by atoms with Gasteiger partial charge in [0.2, 0.25) is 0 Å². The van der Waals surface area contributed by atoms with Gasteiger partial charge in [0, 0.05) is 15.8 Å². The number of hydrogen-bond acceptors (Lipinski definition) is 2. The van der Waals surface area contributed by atoms with Crippen LogP contribution < -0.4 is 0 Å². The average Bonchev–Trinajstić information content (AvgIpc) is 2.79. The molecule has 0 aliphatic heterocycles. The van der Waals surface area contributed by atoms with Gasteiger partial charge in [0.1, 0.15) is 5.82 Å². The molecule has 0 aliphatic rings. The normalized spacial score (nSPS) is 10.7. The van der Waals surface area contributed by atoms with Crippen LogP contribution in [0, 0.1) is 5.82 Å². The van der Waals surface area contributed by atoms with Crippen molar-refractivity contribution in [3.63, 3.8) is 0 Å². The zero-order chi connectivity index (χ0) is 12.1. The van der Waals surface area contributed by atoms with Gasteiger partial charge in [-0.25, -0.2) is 4.39 Å². The first-order valence-corrected chi connectivity index (χ1v) is 6.97. The monoisotopic (exact) mass is 314 g/mol. The van der Waals surface area contributed by atoms with Gasteiger partial charge >= 0.3 is 0 Å². The first-order chi connectivity index (χ1) is 8.25. The lowest BCUT2D eigenvalue weighted by molar-refractivity contribution is 0.124.